The summed E-state index contributed by atoms with van der Waals surface area (Å²) in [5.41, 5.74) is 0. The molecule has 0 atom stereocenters. The smallest absolute Gasteiger partial charge is 0.0464 e. The Morgan fingerprint density at radius 1 is 0.600 bits per heavy atom. The summed E-state index contributed by atoms with van der Waals surface area (Å²) in [5.74, 6) is 5.14. The molecule has 0 aromatic heterocycles. The van der Waals surface area contributed by atoms with Gasteiger partial charge in [0.05, 0.1) is 0 Å². The number of hydrogen-bond donors (Lipinski definition) is 1. The molecule has 0 bridgehead atoms. The van der Waals surface area contributed by atoms with Gasteiger partial charge in [0.1, 0.15) is 0 Å². The van der Waals surface area contributed by atoms with Crippen LogP contribution in [0.5, 0.6) is 0 Å². The van der Waals surface area contributed by atoms with Crippen molar-refractivity contribution >= 4 is 0 Å². The van der Waals surface area contributed by atoms with Gasteiger partial charge in [-0.1, -0.05) is 110 Å². The Hall–Kier alpha value is -0.0400. The summed E-state index contributed by atoms with van der Waals surface area (Å²) < 4.78 is 0. The van der Waals surface area contributed by atoms with Crippen LogP contribution in [0.4, 0.5) is 0 Å². The van der Waals surface area contributed by atoms with Gasteiger partial charge in [-0.05, 0) is 41.4 Å². The second-order valence-electron chi connectivity index (χ2n) is 8.86. The van der Waals surface area contributed by atoms with E-state index in [1.807, 2.05) is 13.8 Å². The molecule has 0 rings (SSSR count). The van der Waals surface area contributed by atoms with E-state index in [1.54, 1.807) is 0 Å². The van der Waals surface area contributed by atoms with Crippen LogP contribution in [0, 0.1) is 41.4 Å². The van der Waals surface area contributed by atoms with Gasteiger partial charge >= 0.3 is 0 Å². The highest BCUT2D eigenvalue weighted by Crippen LogP contribution is 2.19. The first-order valence-corrected chi connectivity index (χ1v) is 11.0. The van der Waals surface area contributed by atoms with Crippen molar-refractivity contribution in [1.82, 2.24) is 0 Å². The summed E-state index contributed by atoms with van der Waals surface area (Å²) >= 11 is 0. The van der Waals surface area contributed by atoms with Gasteiger partial charge in [-0.2, -0.15) is 0 Å². The normalized spacial score (nSPS) is 10.8. The Morgan fingerprint density at radius 2 is 0.920 bits per heavy atom. The molecular weight excluding hydrogens is 304 g/mol. The van der Waals surface area contributed by atoms with Crippen molar-refractivity contribution in [2.24, 2.45) is 41.4 Å². The highest BCUT2D eigenvalue weighted by molar-refractivity contribution is 4.64. The lowest BCUT2D eigenvalue weighted by atomic mass is 9.86. The maximum absolute atomic E-state index is 8.87. The molecule has 0 radical (unpaired) electrons. The molecule has 0 aliphatic heterocycles. The number of aliphatic hydroxyl groups is 1. The molecule has 0 aromatic rings. The summed E-state index contributed by atoms with van der Waals surface area (Å²) in [4.78, 5) is 0. The van der Waals surface area contributed by atoms with Crippen molar-refractivity contribution in [3.8, 4) is 0 Å². The van der Waals surface area contributed by atoms with Crippen molar-refractivity contribution in [1.29, 1.82) is 0 Å². The quantitative estimate of drug-likeness (QED) is 0.484. The first kappa shape index (κ1) is 32.6. The zero-order valence-corrected chi connectivity index (χ0v) is 20.6. The molecule has 0 fully saturated rings. The summed E-state index contributed by atoms with van der Waals surface area (Å²) in [6.45, 7) is 31.1. The van der Waals surface area contributed by atoms with E-state index in [1.165, 1.54) is 12.8 Å². The predicted molar refractivity (Wildman–Crippen MR) is 120 cm³/mol. The second kappa shape index (κ2) is 22.0. The number of hydrogen-bond acceptors (Lipinski definition) is 1. The van der Waals surface area contributed by atoms with E-state index >= 15 is 0 Å². The van der Waals surface area contributed by atoms with Crippen molar-refractivity contribution in [2.75, 3.05) is 6.61 Å². The Labute approximate surface area is 163 Å². The molecule has 25 heavy (non-hydrogen) atoms. The van der Waals surface area contributed by atoms with Gasteiger partial charge in [-0.3, -0.25) is 0 Å². The van der Waals surface area contributed by atoms with Gasteiger partial charge < -0.3 is 5.11 Å². The maximum atomic E-state index is 8.87. The predicted octanol–water partition coefficient (Wildman–Crippen LogP) is 8.31. The fourth-order valence-electron chi connectivity index (χ4n) is 2.54. The maximum Gasteiger partial charge on any atom is 0.0464 e. The summed E-state index contributed by atoms with van der Waals surface area (Å²) in [7, 11) is 0. The highest BCUT2D eigenvalue weighted by atomic mass is 16.3. The highest BCUT2D eigenvalue weighted by Gasteiger charge is 2.15. The topological polar surface area (TPSA) is 20.2 Å². The molecule has 0 aliphatic rings. The van der Waals surface area contributed by atoms with Crippen molar-refractivity contribution in [2.45, 2.75) is 110 Å². The van der Waals surface area contributed by atoms with Gasteiger partial charge in [0.2, 0.25) is 0 Å². The molecule has 1 nitrogen and oxygen atoms in total. The molecule has 1 N–H and O–H groups in total. The third kappa shape index (κ3) is 26.3. The van der Waals surface area contributed by atoms with Crippen LogP contribution in [-0.2, 0) is 0 Å². The zero-order valence-electron chi connectivity index (χ0n) is 20.6. The minimum atomic E-state index is 0.329. The molecule has 0 heterocycles. The lowest BCUT2D eigenvalue weighted by Gasteiger charge is -2.21. The summed E-state index contributed by atoms with van der Waals surface area (Å²) in [6.07, 6.45) is 2.71. The average molecular weight is 361 g/mol. The minimum Gasteiger partial charge on any atom is -0.396 e. The molecule has 0 saturated carbocycles. The van der Waals surface area contributed by atoms with Crippen molar-refractivity contribution in [3.63, 3.8) is 0 Å². The molecule has 0 aliphatic carbocycles. The van der Waals surface area contributed by atoms with Crippen LogP contribution in [-0.4, -0.2) is 11.7 Å². The van der Waals surface area contributed by atoms with Gasteiger partial charge in [-0.15, -0.1) is 0 Å². The van der Waals surface area contributed by atoms with Crippen molar-refractivity contribution in [3.05, 3.63) is 0 Å². The van der Waals surface area contributed by atoms with Gasteiger partial charge in [0.15, 0.2) is 0 Å². The van der Waals surface area contributed by atoms with Gasteiger partial charge in [-0.25, -0.2) is 0 Å². The van der Waals surface area contributed by atoms with Gasteiger partial charge in [0, 0.05) is 6.61 Å². The van der Waals surface area contributed by atoms with E-state index in [2.05, 4.69) is 83.1 Å². The molecule has 0 amide bonds. The Bertz CT molecular complexity index is 200. The molecule has 158 valence electrons. The lowest BCUT2D eigenvalue weighted by molar-refractivity contribution is 0.150. The van der Waals surface area contributed by atoms with Crippen LogP contribution in [0.15, 0.2) is 0 Å². The van der Waals surface area contributed by atoms with Crippen LogP contribution in [0.1, 0.15) is 110 Å². The molecule has 0 aromatic carbocycles. The fraction of sp³-hybridized carbons (Fsp3) is 1.00. The number of rotatable bonds is 7. The molecule has 0 saturated heterocycles. The van der Waals surface area contributed by atoms with Crippen LogP contribution in [0.2, 0.25) is 0 Å². The summed E-state index contributed by atoms with van der Waals surface area (Å²) in [5, 5.41) is 8.87. The second-order valence-corrected chi connectivity index (χ2v) is 8.86. The first-order valence-electron chi connectivity index (χ1n) is 11.0. The first-order chi connectivity index (χ1) is 11.4. The minimum absolute atomic E-state index is 0.329. The Kier molecular flexibility index (Phi) is 28.7. The third-order valence-electron chi connectivity index (χ3n) is 4.89. The van der Waals surface area contributed by atoms with Crippen LogP contribution >= 0.6 is 0 Å². The third-order valence-corrected chi connectivity index (χ3v) is 4.89. The van der Waals surface area contributed by atoms with Crippen LogP contribution < -0.4 is 0 Å². The van der Waals surface area contributed by atoms with E-state index in [0.717, 1.165) is 23.7 Å². The van der Waals surface area contributed by atoms with Crippen LogP contribution in [0.3, 0.4) is 0 Å². The molecule has 0 spiro atoms. The summed E-state index contributed by atoms with van der Waals surface area (Å²) in [6, 6.07) is 0. The molecular formula is C24H56O. The Balaban J connectivity index is -0.000000128. The molecule has 1 heteroatoms. The number of aliphatic hydroxyl groups excluding tert-OH is 1. The Morgan fingerprint density at radius 3 is 0.920 bits per heavy atom. The standard InChI is InChI=1S/C8H18O.C8H18.C6H14.C2H6/c1-6(2)8(5-9)7(3)4;1-6(2)8(5)7(3)4;1-4-5-6(2)3;1-2/h6-9H,5H2,1-4H3;6-8H,1-5H3;6H,4-5H2,1-3H3;1-2H3. The average Bonchev–Trinajstić information content (AvgIpc) is 2.49. The largest absolute Gasteiger partial charge is 0.396 e. The van der Waals surface area contributed by atoms with E-state index in [9.17, 15) is 0 Å². The van der Waals surface area contributed by atoms with Crippen LogP contribution in [0.25, 0.3) is 0 Å². The van der Waals surface area contributed by atoms with E-state index < -0.39 is 0 Å². The van der Waals surface area contributed by atoms with Crippen molar-refractivity contribution < 1.29 is 5.11 Å². The monoisotopic (exact) mass is 360 g/mol. The van der Waals surface area contributed by atoms with E-state index in [4.69, 9.17) is 5.11 Å². The zero-order chi connectivity index (χ0) is 21.2. The fourth-order valence-corrected chi connectivity index (χ4v) is 2.54. The van der Waals surface area contributed by atoms with E-state index in [-0.39, 0.29) is 0 Å². The lowest BCUT2D eigenvalue weighted by Crippen LogP contribution is -2.19. The molecule has 0 unspecified atom stereocenters. The van der Waals surface area contributed by atoms with E-state index in [0.29, 0.717) is 24.4 Å². The SMILES string of the molecule is CC.CC(C)C(C)C(C)C.CC(C)C(CO)C(C)C.CCCC(C)C. The van der Waals surface area contributed by atoms with Gasteiger partial charge in [0.25, 0.3) is 0 Å².